The molecule has 0 aliphatic carbocycles. The molecule has 1 aromatic rings. The van der Waals surface area contributed by atoms with Crippen LogP contribution in [0.3, 0.4) is 0 Å². The summed E-state index contributed by atoms with van der Waals surface area (Å²) in [7, 11) is 1.96. The van der Waals surface area contributed by atoms with E-state index >= 15 is 0 Å². The second-order valence-corrected chi connectivity index (χ2v) is 4.19. The van der Waals surface area contributed by atoms with Gasteiger partial charge in [0.2, 0.25) is 0 Å². The maximum Gasteiger partial charge on any atom is 0.142 e. The number of aldehydes is 1. The van der Waals surface area contributed by atoms with Gasteiger partial charge in [-0.25, -0.2) is 0 Å². The fourth-order valence-electron chi connectivity index (χ4n) is 2.12. The molecular formula is C12H16N2O. The highest BCUT2D eigenvalue weighted by Crippen LogP contribution is 2.32. The van der Waals surface area contributed by atoms with Gasteiger partial charge in [-0.05, 0) is 43.0 Å². The molecule has 1 aromatic carbocycles. The lowest BCUT2D eigenvalue weighted by Crippen LogP contribution is -2.37. The van der Waals surface area contributed by atoms with Gasteiger partial charge in [0, 0.05) is 18.4 Å². The van der Waals surface area contributed by atoms with Crippen molar-refractivity contribution in [2.75, 3.05) is 17.7 Å². The van der Waals surface area contributed by atoms with Crippen molar-refractivity contribution >= 4 is 17.7 Å². The molecule has 0 amide bonds. The number of fused-ring (bicyclic) bond motifs is 1. The Labute approximate surface area is 89.9 Å². The van der Waals surface area contributed by atoms with Gasteiger partial charge in [-0.15, -0.1) is 0 Å². The highest BCUT2D eigenvalue weighted by atomic mass is 16.1. The summed E-state index contributed by atoms with van der Waals surface area (Å²) in [6, 6.07) is 4.11. The zero-order valence-electron chi connectivity index (χ0n) is 9.16. The van der Waals surface area contributed by atoms with Crippen molar-refractivity contribution < 1.29 is 4.79 Å². The van der Waals surface area contributed by atoms with Crippen LogP contribution in [0.25, 0.3) is 0 Å². The van der Waals surface area contributed by atoms with Crippen LogP contribution >= 0.6 is 0 Å². The molecule has 1 heterocycles. The lowest BCUT2D eigenvalue weighted by Gasteiger charge is -2.33. The number of likely N-dealkylation sites (N-methyl/N-ethyl adjacent to an activating group) is 1. The number of hydrogen-bond donors (Lipinski definition) is 1. The van der Waals surface area contributed by atoms with Gasteiger partial charge in [-0.2, -0.15) is 0 Å². The molecule has 3 nitrogen and oxygen atoms in total. The molecule has 0 aromatic heterocycles. The van der Waals surface area contributed by atoms with Crippen molar-refractivity contribution in [1.82, 2.24) is 0 Å². The maximum absolute atomic E-state index is 10.9. The molecule has 0 saturated heterocycles. The molecule has 3 heteroatoms. The average Bonchev–Trinajstić information content (AvgIpc) is 2.22. The van der Waals surface area contributed by atoms with E-state index in [9.17, 15) is 4.79 Å². The molecule has 0 fully saturated rings. The van der Waals surface area contributed by atoms with Crippen LogP contribution in [0.5, 0.6) is 0 Å². The number of benzene rings is 1. The van der Waals surface area contributed by atoms with Crippen LogP contribution in [0.15, 0.2) is 12.1 Å². The van der Waals surface area contributed by atoms with E-state index in [1.807, 2.05) is 24.9 Å². The molecule has 80 valence electrons. The number of nitrogen functional groups attached to an aromatic ring is 1. The number of carbonyl (C=O) groups excluding carboxylic acids is 1. The standard InChI is InChI=1S/C12H16N2O/c1-8-5-12-9(6-11(8)13)3-4-10(7-15)14(12)2/h5-7,10H,3-4,13H2,1-2H3. The zero-order chi connectivity index (χ0) is 11.0. The van der Waals surface area contributed by atoms with Gasteiger partial charge in [0.05, 0.1) is 6.04 Å². The third-order valence-corrected chi connectivity index (χ3v) is 3.21. The van der Waals surface area contributed by atoms with E-state index in [1.54, 1.807) is 0 Å². The fourth-order valence-corrected chi connectivity index (χ4v) is 2.12. The Morgan fingerprint density at radius 1 is 1.53 bits per heavy atom. The molecule has 2 rings (SSSR count). The van der Waals surface area contributed by atoms with Crippen molar-refractivity contribution in [3.8, 4) is 0 Å². The summed E-state index contributed by atoms with van der Waals surface area (Å²) >= 11 is 0. The van der Waals surface area contributed by atoms with Crippen molar-refractivity contribution in [3.05, 3.63) is 23.3 Å². The Bertz CT molecular complexity index is 401. The molecular weight excluding hydrogens is 188 g/mol. The third kappa shape index (κ3) is 1.58. The molecule has 2 N–H and O–H groups in total. The molecule has 0 spiro atoms. The Morgan fingerprint density at radius 3 is 2.93 bits per heavy atom. The van der Waals surface area contributed by atoms with Crippen LogP contribution < -0.4 is 10.6 Å². The molecule has 0 saturated carbocycles. The topological polar surface area (TPSA) is 46.3 Å². The van der Waals surface area contributed by atoms with Crippen molar-refractivity contribution in [1.29, 1.82) is 0 Å². The molecule has 1 aliphatic heterocycles. The number of nitrogens with zero attached hydrogens (tertiary/aromatic N) is 1. The third-order valence-electron chi connectivity index (χ3n) is 3.21. The first-order chi connectivity index (χ1) is 7.13. The molecule has 15 heavy (non-hydrogen) atoms. The van der Waals surface area contributed by atoms with Gasteiger partial charge in [0.15, 0.2) is 0 Å². The van der Waals surface area contributed by atoms with Crippen LogP contribution in [-0.4, -0.2) is 19.4 Å². The Hall–Kier alpha value is -1.51. The number of aryl methyl sites for hydroxylation is 2. The lowest BCUT2D eigenvalue weighted by atomic mass is 9.95. The van der Waals surface area contributed by atoms with E-state index in [2.05, 4.69) is 6.07 Å². The highest BCUT2D eigenvalue weighted by Gasteiger charge is 2.23. The first-order valence-electron chi connectivity index (χ1n) is 5.20. The molecule has 1 aliphatic rings. The summed E-state index contributed by atoms with van der Waals surface area (Å²) in [5.41, 5.74) is 10.2. The number of nitrogens with two attached hydrogens (primary N) is 1. The van der Waals surface area contributed by atoms with Gasteiger partial charge in [0.25, 0.3) is 0 Å². The second kappa shape index (κ2) is 3.57. The Kier molecular flexibility index (Phi) is 2.39. The first kappa shape index (κ1) is 10.0. The first-order valence-corrected chi connectivity index (χ1v) is 5.20. The minimum Gasteiger partial charge on any atom is -0.399 e. The summed E-state index contributed by atoms with van der Waals surface area (Å²) in [6.45, 7) is 1.99. The Balaban J connectivity index is 2.47. The predicted octanol–water partition coefficient (Wildman–Crippen LogP) is 1.53. The molecule has 0 radical (unpaired) electrons. The normalized spacial score (nSPS) is 19.9. The fraction of sp³-hybridized carbons (Fsp3) is 0.417. The van der Waals surface area contributed by atoms with E-state index < -0.39 is 0 Å². The van der Waals surface area contributed by atoms with Crippen molar-refractivity contribution in [2.45, 2.75) is 25.8 Å². The van der Waals surface area contributed by atoms with Crippen LogP contribution in [0.2, 0.25) is 0 Å². The van der Waals surface area contributed by atoms with Crippen LogP contribution in [0.4, 0.5) is 11.4 Å². The predicted molar refractivity (Wildman–Crippen MR) is 62.2 cm³/mol. The van der Waals surface area contributed by atoms with Gasteiger partial charge in [-0.1, -0.05) is 0 Å². The minimum atomic E-state index is 0.0144. The molecule has 0 bridgehead atoms. The van der Waals surface area contributed by atoms with Gasteiger partial charge in [0.1, 0.15) is 6.29 Å². The van der Waals surface area contributed by atoms with E-state index in [0.717, 1.165) is 36.1 Å². The largest absolute Gasteiger partial charge is 0.399 e. The van der Waals surface area contributed by atoms with Crippen molar-refractivity contribution in [2.24, 2.45) is 0 Å². The van der Waals surface area contributed by atoms with Gasteiger partial charge < -0.3 is 15.4 Å². The van der Waals surface area contributed by atoms with E-state index in [0.29, 0.717) is 0 Å². The quantitative estimate of drug-likeness (QED) is 0.557. The average molecular weight is 204 g/mol. The number of hydrogen-bond acceptors (Lipinski definition) is 3. The molecule has 1 unspecified atom stereocenters. The van der Waals surface area contributed by atoms with Gasteiger partial charge in [-0.3, -0.25) is 0 Å². The molecule has 1 atom stereocenters. The number of anilines is 2. The smallest absolute Gasteiger partial charge is 0.142 e. The Morgan fingerprint density at radius 2 is 2.27 bits per heavy atom. The summed E-state index contributed by atoms with van der Waals surface area (Å²) < 4.78 is 0. The highest BCUT2D eigenvalue weighted by molar-refractivity contribution is 5.72. The second-order valence-electron chi connectivity index (χ2n) is 4.19. The summed E-state index contributed by atoms with van der Waals surface area (Å²) in [5.74, 6) is 0. The summed E-state index contributed by atoms with van der Waals surface area (Å²) in [6.07, 6.45) is 2.84. The minimum absolute atomic E-state index is 0.0144. The van der Waals surface area contributed by atoms with Crippen LogP contribution in [0.1, 0.15) is 17.5 Å². The lowest BCUT2D eigenvalue weighted by molar-refractivity contribution is -0.109. The summed E-state index contributed by atoms with van der Waals surface area (Å²) in [4.78, 5) is 12.9. The van der Waals surface area contributed by atoms with Crippen LogP contribution in [-0.2, 0) is 11.2 Å². The number of rotatable bonds is 1. The van der Waals surface area contributed by atoms with Crippen molar-refractivity contribution in [3.63, 3.8) is 0 Å². The monoisotopic (exact) mass is 204 g/mol. The van der Waals surface area contributed by atoms with Crippen LogP contribution in [0, 0.1) is 6.92 Å². The van der Waals surface area contributed by atoms with E-state index in [-0.39, 0.29) is 6.04 Å². The SMILES string of the molecule is Cc1cc2c(cc1N)CCC(C=O)N2C. The summed E-state index contributed by atoms with van der Waals surface area (Å²) in [5, 5.41) is 0. The van der Waals surface area contributed by atoms with Gasteiger partial charge >= 0.3 is 0 Å². The van der Waals surface area contributed by atoms with E-state index in [4.69, 9.17) is 5.73 Å². The maximum atomic E-state index is 10.9. The number of carbonyl (C=O) groups is 1. The van der Waals surface area contributed by atoms with E-state index in [1.165, 1.54) is 5.56 Å². The zero-order valence-corrected chi connectivity index (χ0v) is 9.16.